The Balaban J connectivity index is 0.000000617. The molecule has 0 spiro atoms. The van der Waals surface area contributed by atoms with Gasteiger partial charge in [-0.05, 0) is 62.1 Å². The summed E-state index contributed by atoms with van der Waals surface area (Å²) in [4.78, 5) is 3.68. The fraction of sp³-hybridized carbons (Fsp3) is 0.379. The first-order chi connectivity index (χ1) is 18.3. The maximum Gasteiger partial charge on any atom is 0.199 e. The summed E-state index contributed by atoms with van der Waals surface area (Å²) < 4.78 is 51.2. The fourth-order valence-electron chi connectivity index (χ4n) is 4.23. The van der Waals surface area contributed by atoms with Gasteiger partial charge in [-0.2, -0.15) is 0 Å². The smallest absolute Gasteiger partial charge is 0.199 e. The molecule has 0 bridgehead atoms. The molecule has 7 nitrogen and oxygen atoms in total. The summed E-state index contributed by atoms with van der Waals surface area (Å²) in [5, 5.41) is 0. The molecule has 9 heteroatoms. The van der Waals surface area contributed by atoms with Crippen LogP contribution >= 0.6 is 0 Å². The van der Waals surface area contributed by atoms with Gasteiger partial charge in [0.15, 0.2) is 27.3 Å². The van der Waals surface area contributed by atoms with E-state index in [0.29, 0.717) is 6.26 Å². The third-order valence-electron chi connectivity index (χ3n) is 5.87. The first-order valence-corrected chi connectivity index (χ1v) is 15.9. The van der Waals surface area contributed by atoms with Gasteiger partial charge >= 0.3 is 0 Å². The van der Waals surface area contributed by atoms with E-state index in [0.717, 1.165) is 63.2 Å². The van der Waals surface area contributed by atoms with Crippen LogP contribution in [-0.4, -0.2) is 45.0 Å². The van der Waals surface area contributed by atoms with Gasteiger partial charge in [-0.15, -0.1) is 0 Å². The van der Waals surface area contributed by atoms with Crippen molar-refractivity contribution in [1.29, 1.82) is 0 Å². The molecular weight excluding hydrogens is 524 g/mol. The minimum absolute atomic E-state index is 0.153. The van der Waals surface area contributed by atoms with Crippen LogP contribution in [0.1, 0.15) is 38.5 Å². The molecule has 0 N–H and O–H groups in total. The lowest BCUT2D eigenvalue weighted by Gasteiger charge is -2.24. The van der Waals surface area contributed by atoms with Crippen LogP contribution in [-0.2, 0) is 30.5 Å². The summed E-state index contributed by atoms with van der Waals surface area (Å²) in [5.41, 5.74) is 0. The minimum Gasteiger partial charge on any atom is -0.748 e. The van der Waals surface area contributed by atoms with E-state index in [2.05, 4.69) is 66.7 Å². The Kier molecular flexibility index (Phi) is 10.5. The topological polar surface area (TPSA) is 94.1 Å². The number of hydrogen-bond donors (Lipinski definition) is 0. The van der Waals surface area contributed by atoms with Crippen LogP contribution in [0.5, 0.6) is 11.5 Å². The molecule has 2 heterocycles. The van der Waals surface area contributed by atoms with Crippen LogP contribution in [0.15, 0.2) is 93.5 Å². The van der Waals surface area contributed by atoms with Gasteiger partial charge in [-0.25, -0.2) is 8.42 Å². The van der Waals surface area contributed by atoms with Crippen molar-refractivity contribution < 1.29 is 31.9 Å². The van der Waals surface area contributed by atoms with Gasteiger partial charge in [0.05, 0.1) is 34.2 Å². The SMILES string of the molecule is CS(=O)(=O)[O-].c1ccc([S+](c2cccc(OC3CCCCO3)c2)c2cccc(OC3CCCCO3)c2)cc1. The molecule has 0 aliphatic carbocycles. The van der Waals surface area contributed by atoms with E-state index >= 15 is 0 Å². The number of hydrogen-bond acceptors (Lipinski definition) is 7. The van der Waals surface area contributed by atoms with Crippen LogP contribution in [0.3, 0.4) is 0 Å². The third-order valence-corrected chi connectivity index (χ3v) is 8.07. The van der Waals surface area contributed by atoms with Crippen molar-refractivity contribution in [1.82, 2.24) is 0 Å². The van der Waals surface area contributed by atoms with Crippen molar-refractivity contribution in [2.45, 2.75) is 65.8 Å². The fourth-order valence-corrected chi connectivity index (χ4v) is 6.37. The number of benzene rings is 3. The second-order valence-electron chi connectivity index (χ2n) is 9.10. The number of ether oxygens (including phenoxy) is 4. The monoisotopic (exact) mass is 558 g/mol. The molecule has 2 atom stereocenters. The maximum absolute atomic E-state index is 9.08. The van der Waals surface area contributed by atoms with E-state index in [1.54, 1.807) is 0 Å². The summed E-state index contributed by atoms with van der Waals surface area (Å²) in [7, 11) is -4.21. The Bertz CT molecular complexity index is 1170. The second kappa shape index (κ2) is 14.0. The predicted octanol–water partition coefficient (Wildman–Crippen LogP) is 5.75. The summed E-state index contributed by atoms with van der Waals surface area (Å²) in [6, 6.07) is 27.5. The van der Waals surface area contributed by atoms with Crippen molar-refractivity contribution >= 4 is 21.0 Å². The highest BCUT2D eigenvalue weighted by Gasteiger charge is 2.30. The van der Waals surface area contributed by atoms with Crippen LogP contribution in [0.25, 0.3) is 0 Å². The molecule has 2 aliphatic heterocycles. The summed E-state index contributed by atoms with van der Waals surface area (Å²) in [5.74, 6) is 1.71. The van der Waals surface area contributed by atoms with Gasteiger partial charge in [0.25, 0.3) is 0 Å². The lowest BCUT2D eigenvalue weighted by molar-refractivity contribution is -0.106. The molecule has 0 radical (unpaired) electrons. The Morgan fingerprint density at radius 1 is 0.711 bits per heavy atom. The van der Waals surface area contributed by atoms with Crippen LogP contribution in [0.4, 0.5) is 0 Å². The third kappa shape index (κ3) is 9.32. The van der Waals surface area contributed by atoms with Crippen molar-refractivity contribution in [3.05, 3.63) is 78.9 Å². The molecule has 3 aromatic rings. The molecule has 2 aliphatic rings. The Morgan fingerprint density at radius 2 is 1.16 bits per heavy atom. The maximum atomic E-state index is 9.08. The van der Waals surface area contributed by atoms with Crippen LogP contribution < -0.4 is 9.47 Å². The lowest BCUT2D eigenvalue weighted by Crippen LogP contribution is -2.25. The van der Waals surface area contributed by atoms with E-state index in [1.807, 2.05) is 12.1 Å². The first kappa shape index (κ1) is 28.4. The largest absolute Gasteiger partial charge is 0.748 e. The van der Waals surface area contributed by atoms with Gasteiger partial charge in [0, 0.05) is 31.2 Å². The summed E-state index contributed by atoms with van der Waals surface area (Å²) in [6.07, 6.45) is 6.71. The van der Waals surface area contributed by atoms with Crippen molar-refractivity contribution in [3.63, 3.8) is 0 Å². The minimum atomic E-state index is -3.92. The average molecular weight is 559 g/mol. The Morgan fingerprint density at radius 3 is 1.58 bits per heavy atom. The molecule has 0 saturated carbocycles. The number of rotatable bonds is 7. The molecule has 3 aromatic carbocycles. The standard InChI is InChI=1S/C28H31O4S.CH4O3S/c1-2-12-24(13-3-1)33(25-14-8-10-22(20-25)31-27-16-4-6-18-29-27)26-15-9-11-23(21-26)32-28-17-5-7-19-30-28;1-5(2,3)4/h1-3,8-15,20-21,27-28H,4-7,16-19H2;1H3,(H,2,3,4)/q+1;/p-1. The molecule has 38 heavy (non-hydrogen) atoms. The summed E-state index contributed by atoms with van der Waals surface area (Å²) >= 11 is 0. The predicted molar refractivity (Wildman–Crippen MR) is 146 cm³/mol. The van der Waals surface area contributed by atoms with Gasteiger partial charge < -0.3 is 23.5 Å². The molecule has 0 amide bonds. The highest BCUT2D eigenvalue weighted by Crippen LogP contribution is 2.35. The van der Waals surface area contributed by atoms with E-state index in [-0.39, 0.29) is 23.5 Å². The summed E-state index contributed by atoms with van der Waals surface area (Å²) in [6.45, 7) is 1.55. The van der Waals surface area contributed by atoms with Gasteiger partial charge in [-0.1, -0.05) is 30.3 Å². The normalized spacial score (nSPS) is 20.5. The Hall–Kier alpha value is -2.56. The van der Waals surface area contributed by atoms with E-state index in [1.165, 1.54) is 14.7 Å². The molecule has 2 fully saturated rings. The van der Waals surface area contributed by atoms with Gasteiger partial charge in [0.2, 0.25) is 0 Å². The average Bonchev–Trinajstić information content (AvgIpc) is 2.90. The van der Waals surface area contributed by atoms with E-state index < -0.39 is 10.1 Å². The van der Waals surface area contributed by atoms with Crippen molar-refractivity contribution in [2.24, 2.45) is 0 Å². The molecule has 2 saturated heterocycles. The molecule has 0 aromatic heterocycles. The molecule has 5 rings (SSSR count). The highest BCUT2D eigenvalue weighted by molar-refractivity contribution is 7.97. The molecular formula is C29H34O7S2. The molecule has 204 valence electrons. The van der Waals surface area contributed by atoms with Crippen molar-refractivity contribution in [3.8, 4) is 11.5 Å². The zero-order chi connectivity index (χ0) is 26.8. The van der Waals surface area contributed by atoms with E-state index in [9.17, 15) is 0 Å². The van der Waals surface area contributed by atoms with E-state index in [4.69, 9.17) is 31.9 Å². The second-order valence-corrected chi connectivity index (χ2v) is 12.5. The van der Waals surface area contributed by atoms with Crippen molar-refractivity contribution in [2.75, 3.05) is 19.5 Å². The molecule has 2 unspecified atom stereocenters. The van der Waals surface area contributed by atoms with Gasteiger partial charge in [0.1, 0.15) is 11.5 Å². The van der Waals surface area contributed by atoms with Crippen LogP contribution in [0, 0.1) is 0 Å². The van der Waals surface area contributed by atoms with Gasteiger partial charge in [-0.3, -0.25) is 0 Å². The highest BCUT2D eigenvalue weighted by atomic mass is 32.2. The lowest BCUT2D eigenvalue weighted by atomic mass is 10.2. The van der Waals surface area contributed by atoms with Crippen LogP contribution in [0.2, 0.25) is 0 Å². The Labute approximate surface area is 228 Å². The first-order valence-electron chi connectivity index (χ1n) is 12.8. The zero-order valence-electron chi connectivity index (χ0n) is 21.5. The quantitative estimate of drug-likeness (QED) is 0.269. The zero-order valence-corrected chi connectivity index (χ0v) is 23.1.